The summed E-state index contributed by atoms with van der Waals surface area (Å²) in [6.07, 6.45) is 0. The van der Waals surface area contributed by atoms with Gasteiger partial charge < -0.3 is 0 Å². The smallest absolute Gasteiger partial charge is 0.257 e. The number of nitrogens with one attached hydrogen (secondary N) is 1. The van der Waals surface area contributed by atoms with E-state index in [2.05, 4.69) is 20.6 Å². The summed E-state index contributed by atoms with van der Waals surface area (Å²) in [5.41, 5.74) is 2.34. The molecule has 0 aliphatic heterocycles. The molecule has 6 nitrogen and oxygen atoms in total. The highest BCUT2D eigenvalue weighted by atomic mass is 32.1. The third-order valence-electron chi connectivity index (χ3n) is 3.70. The number of aryl methyl sites for hydroxylation is 1. The summed E-state index contributed by atoms with van der Waals surface area (Å²) in [7, 11) is 0. The van der Waals surface area contributed by atoms with E-state index in [0.29, 0.717) is 21.5 Å². The van der Waals surface area contributed by atoms with E-state index in [9.17, 15) is 9.18 Å². The molecule has 124 valence electrons. The second-order valence-corrected chi connectivity index (χ2v) is 6.36. The summed E-state index contributed by atoms with van der Waals surface area (Å²) in [6.45, 7) is 1.99. The van der Waals surface area contributed by atoms with Crippen LogP contribution in [0.25, 0.3) is 16.3 Å². The topological polar surface area (TPSA) is 72.2 Å². The van der Waals surface area contributed by atoms with Gasteiger partial charge in [0.15, 0.2) is 5.82 Å². The molecule has 0 atom stereocenters. The number of halogens is 1. The van der Waals surface area contributed by atoms with E-state index in [1.165, 1.54) is 35.6 Å². The number of fused-ring (bicyclic) bond motifs is 1. The molecule has 25 heavy (non-hydrogen) atoms. The minimum atomic E-state index is -0.391. The number of hydrogen-bond acceptors (Lipinski definition) is 5. The van der Waals surface area contributed by atoms with Crippen molar-refractivity contribution in [2.24, 2.45) is 0 Å². The van der Waals surface area contributed by atoms with Crippen LogP contribution in [0, 0.1) is 12.7 Å². The van der Waals surface area contributed by atoms with Crippen molar-refractivity contribution in [1.29, 1.82) is 0 Å². The maximum absolute atomic E-state index is 13.0. The first-order valence-corrected chi connectivity index (χ1v) is 8.28. The van der Waals surface area contributed by atoms with Crippen LogP contribution in [0.5, 0.6) is 0 Å². The average molecular weight is 353 g/mol. The fourth-order valence-electron chi connectivity index (χ4n) is 2.43. The first-order chi connectivity index (χ1) is 12.1. The van der Waals surface area contributed by atoms with Gasteiger partial charge in [-0.3, -0.25) is 10.1 Å². The van der Waals surface area contributed by atoms with Gasteiger partial charge in [0.1, 0.15) is 5.82 Å². The summed E-state index contributed by atoms with van der Waals surface area (Å²) >= 11 is 1.22. The zero-order valence-corrected chi connectivity index (χ0v) is 13.9. The number of amides is 1. The Kier molecular flexibility index (Phi) is 3.73. The fraction of sp³-hybridized carbons (Fsp3) is 0.0588. The lowest BCUT2D eigenvalue weighted by Crippen LogP contribution is -2.12. The maximum Gasteiger partial charge on any atom is 0.257 e. The highest BCUT2D eigenvalue weighted by Crippen LogP contribution is 2.26. The normalized spacial score (nSPS) is 11.0. The van der Waals surface area contributed by atoms with Crippen LogP contribution < -0.4 is 5.32 Å². The van der Waals surface area contributed by atoms with E-state index >= 15 is 0 Å². The van der Waals surface area contributed by atoms with Gasteiger partial charge in [-0.05, 0) is 36.8 Å². The van der Waals surface area contributed by atoms with E-state index in [4.69, 9.17) is 0 Å². The number of carbonyl (C=O) groups is 1. The molecule has 1 amide bonds. The average Bonchev–Trinajstić information content (AvgIpc) is 3.16. The highest BCUT2D eigenvalue weighted by Gasteiger charge is 2.16. The number of rotatable bonds is 3. The molecule has 0 radical (unpaired) electrons. The number of nitrogens with zero attached hydrogens (tertiary/aromatic N) is 4. The Balaban J connectivity index is 1.65. The lowest BCUT2D eigenvalue weighted by atomic mass is 10.1. The van der Waals surface area contributed by atoms with Crippen molar-refractivity contribution >= 4 is 27.3 Å². The molecular weight excluding hydrogens is 341 g/mol. The molecule has 4 aromatic rings. The molecule has 0 saturated carbocycles. The van der Waals surface area contributed by atoms with Gasteiger partial charge in [-0.2, -0.15) is 4.52 Å². The molecule has 0 bridgehead atoms. The number of benzene rings is 2. The number of aromatic nitrogens is 4. The van der Waals surface area contributed by atoms with Crippen molar-refractivity contribution in [1.82, 2.24) is 19.8 Å². The third-order valence-corrected chi connectivity index (χ3v) is 4.52. The molecule has 2 aromatic carbocycles. The van der Waals surface area contributed by atoms with Crippen LogP contribution in [0.3, 0.4) is 0 Å². The van der Waals surface area contributed by atoms with Crippen molar-refractivity contribution in [3.05, 3.63) is 65.5 Å². The van der Waals surface area contributed by atoms with E-state index in [1.54, 1.807) is 4.52 Å². The summed E-state index contributed by atoms with van der Waals surface area (Å²) in [5, 5.41) is 15.8. The van der Waals surface area contributed by atoms with Crippen LogP contribution in [-0.4, -0.2) is 25.7 Å². The monoisotopic (exact) mass is 353 g/mol. The van der Waals surface area contributed by atoms with E-state index in [-0.39, 0.29) is 5.91 Å². The molecule has 8 heteroatoms. The largest absolute Gasteiger partial charge is 0.296 e. The number of hydrogen-bond donors (Lipinski definition) is 1. The molecule has 0 aliphatic carbocycles. The van der Waals surface area contributed by atoms with E-state index in [1.807, 2.05) is 31.2 Å². The van der Waals surface area contributed by atoms with Crippen molar-refractivity contribution in [3.8, 4) is 11.4 Å². The lowest BCUT2D eigenvalue weighted by Gasteiger charge is -2.02. The fourth-order valence-corrected chi connectivity index (χ4v) is 3.16. The number of carbonyl (C=O) groups excluding carboxylic acids is 1. The lowest BCUT2D eigenvalue weighted by molar-refractivity contribution is 0.102. The molecule has 0 aliphatic rings. The molecule has 2 aromatic heterocycles. The molecular formula is C17H12FN5OS. The predicted octanol–water partition coefficient (Wildman–Crippen LogP) is 3.55. The second-order valence-electron chi connectivity index (χ2n) is 5.40. The quantitative estimate of drug-likeness (QED) is 0.611. The van der Waals surface area contributed by atoms with Gasteiger partial charge in [0, 0.05) is 11.1 Å². The molecule has 4 rings (SSSR count). The minimum Gasteiger partial charge on any atom is -0.296 e. The van der Waals surface area contributed by atoms with Gasteiger partial charge in [0.2, 0.25) is 10.1 Å². The SMILES string of the molecule is Cc1ccccc1-c1nnc2sc(NC(=O)c3ccc(F)cc3)nn12. The molecule has 0 spiro atoms. The minimum absolute atomic E-state index is 0.353. The molecule has 2 heterocycles. The standard InChI is InChI=1S/C17H12FN5OS/c1-10-4-2-3-5-13(10)14-20-21-17-23(14)22-16(25-17)19-15(24)11-6-8-12(18)9-7-11/h2-9H,1H3,(H,19,22,24). The van der Waals surface area contributed by atoms with Crippen LogP contribution in [0.4, 0.5) is 9.52 Å². The Morgan fingerprint density at radius 3 is 2.64 bits per heavy atom. The summed E-state index contributed by atoms with van der Waals surface area (Å²) in [6, 6.07) is 13.1. The third kappa shape index (κ3) is 2.87. The van der Waals surface area contributed by atoms with Gasteiger partial charge in [0.25, 0.3) is 5.91 Å². The Morgan fingerprint density at radius 1 is 1.12 bits per heavy atom. The Morgan fingerprint density at radius 2 is 1.88 bits per heavy atom. The van der Waals surface area contributed by atoms with Crippen molar-refractivity contribution < 1.29 is 9.18 Å². The van der Waals surface area contributed by atoms with Crippen molar-refractivity contribution in [2.75, 3.05) is 5.32 Å². The van der Waals surface area contributed by atoms with Gasteiger partial charge in [-0.25, -0.2) is 4.39 Å². The van der Waals surface area contributed by atoms with Gasteiger partial charge >= 0.3 is 0 Å². The van der Waals surface area contributed by atoms with Crippen molar-refractivity contribution in [2.45, 2.75) is 6.92 Å². The van der Waals surface area contributed by atoms with Crippen LogP contribution in [0.1, 0.15) is 15.9 Å². The second kappa shape index (κ2) is 6.06. The first kappa shape index (κ1) is 15.4. The summed E-state index contributed by atoms with van der Waals surface area (Å²) < 4.78 is 14.6. The molecule has 1 N–H and O–H groups in total. The van der Waals surface area contributed by atoms with E-state index in [0.717, 1.165) is 11.1 Å². The van der Waals surface area contributed by atoms with Gasteiger partial charge in [0.05, 0.1) is 0 Å². The first-order valence-electron chi connectivity index (χ1n) is 7.47. The number of anilines is 1. The van der Waals surface area contributed by atoms with Crippen LogP contribution in [0.15, 0.2) is 48.5 Å². The molecule has 0 fully saturated rings. The summed E-state index contributed by atoms with van der Waals surface area (Å²) in [5.74, 6) is -0.132. The van der Waals surface area contributed by atoms with Crippen LogP contribution in [0.2, 0.25) is 0 Å². The van der Waals surface area contributed by atoms with Crippen molar-refractivity contribution in [3.63, 3.8) is 0 Å². The Hall–Kier alpha value is -3.13. The van der Waals surface area contributed by atoms with Crippen LogP contribution >= 0.6 is 11.3 Å². The maximum atomic E-state index is 13.0. The van der Waals surface area contributed by atoms with Crippen LogP contribution in [-0.2, 0) is 0 Å². The molecule has 0 saturated heterocycles. The summed E-state index contributed by atoms with van der Waals surface area (Å²) in [4.78, 5) is 12.8. The molecule has 0 unspecified atom stereocenters. The zero-order valence-electron chi connectivity index (χ0n) is 13.1. The van der Waals surface area contributed by atoms with Gasteiger partial charge in [-0.1, -0.05) is 35.6 Å². The predicted molar refractivity (Wildman–Crippen MR) is 93.2 cm³/mol. The Labute approximate surface area is 146 Å². The van der Waals surface area contributed by atoms with E-state index < -0.39 is 5.82 Å². The highest BCUT2D eigenvalue weighted by molar-refractivity contribution is 7.20. The zero-order chi connectivity index (χ0) is 17.4. The Bertz CT molecular complexity index is 1070. The van der Waals surface area contributed by atoms with Gasteiger partial charge in [-0.15, -0.1) is 15.3 Å².